The fraction of sp³-hybridized carbons (Fsp3) is 0.647. The largest absolute Gasteiger partial charge is 0.323 e. The molecule has 2 N–H and O–H groups in total. The summed E-state index contributed by atoms with van der Waals surface area (Å²) < 4.78 is 0. The van der Waals surface area contributed by atoms with Gasteiger partial charge in [-0.2, -0.15) is 0 Å². The number of nitrogens with zero attached hydrogens (tertiary/aromatic N) is 1. The molecule has 104 valence electrons. The summed E-state index contributed by atoms with van der Waals surface area (Å²) in [5.41, 5.74) is 10.1. The molecule has 1 unspecified atom stereocenters. The molecule has 0 bridgehead atoms. The van der Waals surface area contributed by atoms with Gasteiger partial charge in [-0.3, -0.25) is 4.90 Å². The molecule has 1 spiro atoms. The molecule has 3 rings (SSSR count). The van der Waals surface area contributed by atoms with Crippen molar-refractivity contribution >= 4 is 0 Å². The highest BCUT2D eigenvalue weighted by Crippen LogP contribution is 2.51. The molecule has 1 aromatic carbocycles. The molecule has 1 fully saturated rings. The van der Waals surface area contributed by atoms with Gasteiger partial charge in [0.25, 0.3) is 0 Å². The SMILES string of the molecule is CC(C)(C)N1CCC2(CC1)Cc1ccccc1C2N. The molecule has 1 aromatic rings. The van der Waals surface area contributed by atoms with Gasteiger partial charge >= 0.3 is 0 Å². The molecule has 1 heterocycles. The van der Waals surface area contributed by atoms with Gasteiger partial charge in [0.15, 0.2) is 0 Å². The molecular weight excluding hydrogens is 232 g/mol. The fourth-order valence-electron chi connectivity index (χ4n) is 3.93. The summed E-state index contributed by atoms with van der Waals surface area (Å²) in [4.78, 5) is 2.61. The fourth-order valence-corrected chi connectivity index (χ4v) is 3.93. The first-order valence-corrected chi connectivity index (χ1v) is 7.51. The maximum absolute atomic E-state index is 6.59. The number of piperidine rings is 1. The number of fused-ring (bicyclic) bond motifs is 1. The Morgan fingerprint density at radius 3 is 2.37 bits per heavy atom. The minimum Gasteiger partial charge on any atom is -0.323 e. The highest BCUT2D eigenvalue weighted by molar-refractivity contribution is 5.38. The zero-order chi connectivity index (χ0) is 13.7. The number of likely N-dealkylation sites (tertiary alicyclic amines) is 1. The van der Waals surface area contributed by atoms with Crippen molar-refractivity contribution < 1.29 is 0 Å². The lowest BCUT2D eigenvalue weighted by atomic mass is 9.72. The second kappa shape index (κ2) is 4.32. The first-order valence-electron chi connectivity index (χ1n) is 7.51. The molecule has 0 saturated carbocycles. The number of rotatable bonds is 0. The maximum atomic E-state index is 6.59. The summed E-state index contributed by atoms with van der Waals surface area (Å²) in [6.45, 7) is 9.31. The van der Waals surface area contributed by atoms with E-state index >= 15 is 0 Å². The van der Waals surface area contributed by atoms with E-state index in [4.69, 9.17) is 5.73 Å². The minimum absolute atomic E-state index is 0.241. The van der Waals surface area contributed by atoms with E-state index in [1.807, 2.05) is 0 Å². The first-order chi connectivity index (χ1) is 8.92. The summed E-state index contributed by atoms with van der Waals surface area (Å²) in [7, 11) is 0. The van der Waals surface area contributed by atoms with Crippen molar-refractivity contribution in [1.29, 1.82) is 0 Å². The summed E-state index contributed by atoms with van der Waals surface area (Å²) >= 11 is 0. The van der Waals surface area contributed by atoms with Crippen molar-refractivity contribution in [2.24, 2.45) is 11.1 Å². The number of benzene rings is 1. The van der Waals surface area contributed by atoms with Crippen LogP contribution in [0.5, 0.6) is 0 Å². The maximum Gasteiger partial charge on any atom is 0.0359 e. The predicted octanol–water partition coefficient (Wildman–Crippen LogP) is 3.12. The zero-order valence-corrected chi connectivity index (χ0v) is 12.4. The Bertz CT molecular complexity index is 464. The number of hydrogen-bond donors (Lipinski definition) is 1. The third kappa shape index (κ3) is 2.11. The normalized spacial score (nSPS) is 26.6. The van der Waals surface area contributed by atoms with Crippen LogP contribution in [0.25, 0.3) is 0 Å². The van der Waals surface area contributed by atoms with Gasteiger partial charge in [0.2, 0.25) is 0 Å². The van der Waals surface area contributed by atoms with Crippen molar-refractivity contribution in [1.82, 2.24) is 4.90 Å². The third-order valence-corrected chi connectivity index (χ3v) is 5.30. The van der Waals surface area contributed by atoms with Crippen LogP contribution in [-0.4, -0.2) is 23.5 Å². The summed E-state index contributed by atoms with van der Waals surface area (Å²) in [5.74, 6) is 0. The van der Waals surface area contributed by atoms with E-state index in [0.29, 0.717) is 5.41 Å². The molecule has 19 heavy (non-hydrogen) atoms. The number of nitrogens with two attached hydrogens (primary N) is 1. The van der Waals surface area contributed by atoms with Gasteiger partial charge in [0.05, 0.1) is 0 Å². The highest BCUT2D eigenvalue weighted by Gasteiger charge is 2.46. The summed E-state index contributed by atoms with van der Waals surface area (Å²) in [5, 5.41) is 0. The van der Waals surface area contributed by atoms with E-state index in [2.05, 4.69) is 49.9 Å². The lowest BCUT2D eigenvalue weighted by molar-refractivity contribution is 0.0345. The third-order valence-electron chi connectivity index (χ3n) is 5.30. The van der Waals surface area contributed by atoms with E-state index in [1.54, 1.807) is 0 Å². The minimum atomic E-state index is 0.241. The van der Waals surface area contributed by atoms with Crippen molar-refractivity contribution in [3.05, 3.63) is 35.4 Å². The summed E-state index contributed by atoms with van der Waals surface area (Å²) in [6.07, 6.45) is 3.66. The van der Waals surface area contributed by atoms with Crippen LogP contribution in [0.3, 0.4) is 0 Å². The molecule has 1 aliphatic carbocycles. The molecule has 1 saturated heterocycles. The van der Waals surface area contributed by atoms with E-state index in [0.717, 1.165) is 0 Å². The lowest BCUT2D eigenvalue weighted by Crippen LogP contribution is -2.50. The van der Waals surface area contributed by atoms with E-state index in [-0.39, 0.29) is 11.6 Å². The Kier molecular flexibility index (Phi) is 2.99. The average Bonchev–Trinajstić information content (AvgIpc) is 2.63. The van der Waals surface area contributed by atoms with E-state index < -0.39 is 0 Å². The summed E-state index contributed by atoms with van der Waals surface area (Å²) in [6, 6.07) is 9.01. The van der Waals surface area contributed by atoms with Crippen molar-refractivity contribution in [2.75, 3.05) is 13.1 Å². The van der Waals surface area contributed by atoms with Crippen LogP contribution in [0.1, 0.15) is 50.8 Å². The molecule has 0 amide bonds. The highest BCUT2D eigenvalue weighted by atomic mass is 15.2. The van der Waals surface area contributed by atoms with Crippen LogP contribution in [0, 0.1) is 5.41 Å². The first kappa shape index (κ1) is 13.1. The molecule has 2 nitrogen and oxygen atoms in total. The van der Waals surface area contributed by atoms with Gasteiger partial charge in [-0.15, -0.1) is 0 Å². The van der Waals surface area contributed by atoms with Crippen molar-refractivity contribution in [2.45, 2.75) is 51.6 Å². The van der Waals surface area contributed by atoms with Crippen LogP contribution in [0.4, 0.5) is 0 Å². The van der Waals surface area contributed by atoms with Crippen molar-refractivity contribution in [3.8, 4) is 0 Å². The van der Waals surface area contributed by atoms with Gasteiger partial charge in [-0.1, -0.05) is 24.3 Å². The molecule has 0 radical (unpaired) electrons. The second-order valence-electron chi connectivity index (χ2n) is 7.37. The Hall–Kier alpha value is -0.860. The van der Waals surface area contributed by atoms with Crippen LogP contribution in [0.2, 0.25) is 0 Å². The number of hydrogen-bond acceptors (Lipinski definition) is 2. The van der Waals surface area contributed by atoms with E-state index in [1.165, 1.54) is 43.5 Å². The zero-order valence-electron chi connectivity index (χ0n) is 12.4. The molecule has 0 aromatic heterocycles. The predicted molar refractivity (Wildman–Crippen MR) is 80.1 cm³/mol. The second-order valence-corrected chi connectivity index (χ2v) is 7.37. The Labute approximate surface area is 117 Å². The van der Waals surface area contributed by atoms with Gasteiger partial charge in [0.1, 0.15) is 0 Å². The van der Waals surface area contributed by atoms with Crippen LogP contribution in [-0.2, 0) is 6.42 Å². The van der Waals surface area contributed by atoms with Gasteiger partial charge in [-0.05, 0) is 69.7 Å². The van der Waals surface area contributed by atoms with Crippen molar-refractivity contribution in [3.63, 3.8) is 0 Å². The lowest BCUT2D eigenvalue weighted by Gasteiger charge is -2.47. The Balaban J connectivity index is 1.79. The molecule has 1 aliphatic heterocycles. The smallest absolute Gasteiger partial charge is 0.0359 e. The van der Waals surface area contributed by atoms with Crippen LogP contribution >= 0.6 is 0 Å². The molecular formula is C17H26N2. The monoisotopic (exact) mass is 258 g/mol. The molecule has 1 atom stereocenters. The quantitative estimate of drug-likeness (QED) is 0.774. The van der Waals surface area contributed by atoms with E-state index in [9.17, 15) is 0 Å². The average molecular weight is 258 g/mol. The van der Waals surface area contributed by atoms with Crippen LogP contribution < -0.4 is 5.73 Å². The van der Waals surface area contributed by atoms with Gasteiger partial charge in [-0.25, -0.2) is 0 Å². The Morgan fingerprint density at radius 2 is 1.79 bits per heavy atom. The standard InChI is InChI=1S/C17H26N2/c1-16(2,3)19-10-8-17(9-11-19)12-13-6-4-5-7-14(13)15(17)18/h4-7,15H,8-12,18H2,1-3H3. The van der Waals surface area contributed by atoms with Crippen LogP contribution in [0.15, 0.2) is 24.3 Å². The van der Waals surface area contributed by atoms with Gasteiger partial charge < -0.3 is 5.73 Å². The Morgan fingerprint density at radius 1 is 1.16 bits per heavy atom. The molecule has 2 aliphatic rings. The van der Waals surface area contributed by atoms with Gasteiger partial charge in [0, 0.05) is 11.6 Å². The molecule has 2 heteroatoms. The topological polar surface area (TPSA) is 29.3 Å².